The number of hydrazone groups is 1. The van der Waals surface area contributed by atoms with Crippen LogP contribution < -0.4 is 9.57 Å². The topological polar surface area (TPSA) is 67.8 Å². The highest BCUT2D eigenvalue weighted by atomic mass is 79.9. The highest BCUT2D eigenvalue weighted by Gasteiger charge is 2.12. The van der Waals surface area contributed by atoms with E-state index < -0.39 is 15.8 Å². The Bertz CT molecular complexity index is 808. The monoisotopic (exact) mass is 400 g/mol. The molecule has 8 heteroatoms. The Balaban J connectivity index is 2.11. The molecule has 0 amide bonds. The average molecular weight is 401 g/mol. The molecule has 0 heterocycles. The molecule has 0 fully saturated rings. The van der Waals surface area contributed by atoms with Gasteiger partial charge in [0.05, 0.1) is 17.7 Å². The lowest BCUT2D eigenvalue weighted by molar-refractivity contribution is 0.340. The minimum Gasteiger partial charge on any atom is -0.494 e. The molecule has 0 aromatic heterocycles. The lowest BCUT2D eigenvalue weighted by atomic mass is 10.2. The Kier molecular flexibility index (Phi) is 5.73. The lowest BCUT2D eigenvalue weighted by Gasteiger charge is -2.06. The second-order valence-corrected chi connectivity index (χ2v) is 7.00. The lowest BCUT2D eigenvalue weighted by Crippen LogP contribution is -2.18. The third-order valence-electron chi connectivity index (χ3n) is 2.78. The van der Waals surface area contributed by atoms with Crippen LogP contribution in [0.3, 0.4) is 0 Å². The Morgan fingerprint density at radius 1 is 1.26 bits per heavy atom. The molecule has 23 heavy (non-hydrogen) atoms. The number of ether oxygens (including phenoxy) is 1. The number of hydrogen-bond acceptors (Lipinski definition) is 4. The highest BCUT2D eigenvalue weighted by Crippen LogP contribution is 2.16. The summed E-state index contributed by atoms with van der Waals surface area (Å²) < 4.78 is 43.6. The van der Waals surface area contributed by atoms with Crippen molar-refractivity contribution in [3.63, 3.8) is 0 Å². The van der Waals surface area contributed by atoms with Gasteiger partial charge in [-0.25, -0.2) is 9.22 Å². The van der Waals surface area contributed by atoms with Crippen molar-refractivity contribution in [3.05, 3.63) is 58.3 Å². The van der Waals surface area contributed by atoms with E-state index in [-0.39, 0.29) is 10.5 Å². The molecule has 0 aliphatic carbocycles. The van der Waals surface area contributed by atoms with Gasteiger partial charge in [0.1, 0.15) is 11.6 Å². The van der Waals surface area contributed by atoms with Crippen molar-refractivity contribution >= 4 is 32.2 Å². The van der Waals surface area contributed by atoms with Crippen molar-refractivity contribution in [2.24, 2.45) is 5.10 Å². The van der Waals surface area contributed by atoms with E-state index >= 15 is 0 Å². The predicted octanol–water partition coefficient (Wildman–Crippen LogP) is 3.30. The summed E-state index contributed by atoms with van der Waals surface area (Å²) in [6.45, 7) is 2.33. The summed E-state index contributed by atoms with van der Waals surface area (Å²) in [5.41, 5.74) is 0.161. The molecule has 2 aromatic carbocycles. The first-order chi connectivity index (χ1) is 10.9. The number of hydrogen-bond donors (Lipinski definition) is 1. The number of halogens is 2. The van der Waals surface area contributed by atoms with Gasteiger partial charge in [-0.2, -0.15) is 13.5 Å². The summed E-state index contributed by atoms with van der Waals surface area (Å²) in [5, 5.41) is 3.60. The van der Waals surface area contributed by atoms with Crippen LogP contribution in [0.2, 0.25) is 0 Å². The SMILES string of the molecule is CCOc1ccc(S(=O)(=O)N/N=C/c2cc(Br)ccc2F)cc1. The Morgan fingerprint density at radius 2 is 1.96 bits per heavy atom. The van der Waals surface area contributed by atoms with Crippen LogP contribution in [0, 0.1) is 5.82 Å². The predicted molar refractivity (Wildman–Crippen MR) is 89.6 cm³/mol. The fourth-order valence-corrected chi connectivity index (χ4v) is 2.88. The van der Waals surface area contributed by atoms with Gasteiger partial charge >= 0.3 is 0 Å². The Hall–Kier alpha value is -1.93. The third-order valence-corrected chi connectivity index (χ3v) is 4.51. The van der Waals surface area contributed by atoms with Crippen molar-refractivity contribution < 1.29 is 17.5 Å². The quantitative estimate of drug-likeness (QED) is 0.597. The number of benzene rings is 2. The van der Waals surface area contributed by atoms with Crippen LogP contribution in [0.15, 0.2) is 56.9 Å². The maximum Gasteiger partial charge on any atom is 0.276 e. The summed E-state index contributed by atoms with van der Waals surface area (Å²) in [4.78, 5) is 2.08. The summed E-state index contributed by atoms with van der Waals surface area (Å²) in [7, 11) is -3.82. The van der Waals surface area contributed by atoms with Crippen molar-refractivity contribution in [1.82, 2.24) is 4.83 Å². The van der Waals surface area contributed by atoms with Gasteiger partial charge in [-0.1, -0.05) is 15.9 Å². The van der Waals surface area contributed by atoms with Crippen LogP contribution in [0.4, 0.5) is 4.39 Å². The summed E-state index contributed by atoms with van der Waals surface area (Å²) >= 11 is 3.21. The standard InChI is InChI=1S/C15H14BrFN2O3S/c1-2-22-13-4-6-14(7-5-13)23(20,21)19-18-10-11-9-12(16)3-8-15(11)17/h3-10,19H,2H2,1H3/b18-10+. The number of nitrogens with one attached hydrogen (secondary N) is 1. The molecular weight excluding hydrogens is 387 g/mol. The van der Waals surface area contributed by atoms with E-state index in [2.05, 4.69) is 21.0 Å². The molecule has 122 valence electrons. The first kappa shape index (κ1) is 17.4. The highest BCUT2D eigenvalue weighted by molar-refractivity contribution is 9.10. The zero-order chi connectivity index (χ0) is 16.9. The Morgan fingerprint density at radius 3 is 2.61 bits per heavy atom. The molecule has 0 spiro atoms. The smallest absolute Gasteiger partial charge is 0.276 e. The van der Waals surface area contributed by atoms with Gasteiger partial charge in [-0.3, -0.25) is 0 Å². The van der Waals surface area contributed by atoms with Gasteiger partial charge in [-0.05, 0) is 49.4 Å². The minimum absolute atomic E-state index is 0.0350. The average Bonchev–Trinajstić information content (AvgIpc) is 2.51. The summed E-state index contributed by atoms with van der Waals surface area (Å²) in [6.07, 6.45) is 1.10. The van der Waals surface area contributed by atoms with Gasteiger partial charge in [0.2, 0.25) is 0 Å². The molecule has 0 aliphatic heterocycles. The first-order valence-electron chi connectivity index (χ1n) is 6.65. The second kappa shape index (κ2) is 7.56. The molecule has 2 rings (SSSR count). The van der Waals surface area contributed by atoms with Crippen LogP contribution in [-0.2, 0) is 10.0 Å². The van der Waals surface area contributed by atoms with Crippen LogP contribution in [0.5, 0.6) is 5.75 Å². The zero-order valence-corrected chi connectivity index (χ0v) is 14.6. The normalized spacial score (nSPS) is 11.6. The van der Waals surface area contributed by atoms with Crippen molar-refractivity contribution in [2.75, 3.05) is 6.61 Å². The van der Waals surface area contributed by atoms with Crippen LogP contribution >= 0.6 is 15.9 Å². The van der Waals surface area contributed by atoms with E-state index in [1.165, 1.54) is 30.3 Å². The minimum atomic E-state index is -3.82. The molecular formula is C15H14BrFN2O3S. The number of rotatable bonds is 6. The summed E-state index contributed by atoms with van der Waals surface area (Å²) in [5.74, 6) is 0.0726. The second-order valence-electron chi connectivity index (χ2n) is 4.42. The molecule has 5 nitrogen and oxygen atoms in total. The van der Waals surface area contributed by atoms with E-state index in [1.54, 1.807) is 12.1 Å². The van der Waals surface area contributed by atoms with Gasteiger partial charge < -0.3 is 4.74 Å². The molecule has 0 saturated heterocycles. The van der Waals surface area contributed by atoms with Crippen LogP contribution in [0.1, 0.15) is 12.5 Å². The van der Waals surface area contributed by atoms with Gasteiger partial charge in [0.25, 0.3) is 10.0 Å². The van der Waals surface area contributed by atoms with Crippen molar-refractivity contribution in [1.29, 1.82) is 0 Å². The van der Waals surface area contributed by atoms with E-state index in [0.717, 1.165) is 6.21 Å². The molecule has 0 atom stereocenters. The molecule has 0 bridgehead atoms. The number of nitrogens with zero attached hydrogens (tertiary/aromatic N) is 1. The zero-order valence-electron chi connectivity index (χ0n) is 12.2. The van der Waals surface area contributed by atoms with E-state index in [4.69, 9.17) is 4.74 Å². The third kappa shape index (κ3) is 4.77. The van der Waals surface area contributed by atoms with E-state index in [9.17, 15) is 12.8 Å². The maximum absolute atomic E-state index is 13.5. The van der Waals surface area contributed by atoms with Crippen LogP contribution in [-0.4, -0.2) is 21.2 Å². The van der Waals surface area contributed by atoms with Crippen LogP contribution in [0.25, 0.3) is 0 Å². The molecule has 0 radical (unpaired) electrons. The first-order valence-corrected chi connectivity index (χ1v) is 8.93. The molecule has 1 N–H and O–H groups in total. The maximum atomic E-state index is 13.5. The van der Waals surface area contributed by atoms with E-state index in [1.807, 2.05) is 11.8 Å². The fraction of sp³-hybridized carbons (Fsp3) is 0.133. The molecule has 0 unspecified atom stereocenters. The van der Waals surface area contributed by atoms with Crippen molar-refractivity contribution in [3.8, 4) is 5.75 Å². The molecule has 0 aliphatic rings. The number of sulfonamides is 1. The van der Waals surface area contributed by atoms with Gasteiger partial charge in [-0.15, -0.1) is 0 Å². The van der Waals surface area contributed by atoms with E-state index in [0.29, 0.717) is 16.8 Å². The van der Waals surface area contributed by atoms with Gasteiger partial charge in [0.15, 0.2) is 0 Å². The van der Waals surface area contributed by atoms with Crippen molar-refractivity contribution in [2.45, 2.75) is 11.8 Å². The Labute approximate surface area is 142 Å². The summed E-state index contributed by atoms with van der Waals surface area (Å²) in [6, 6.07) is 10.2. The van der Waals surface area contributed by atoms with Gasteiger partial charge in [0, 0.05) is 10.0 Å². The molecule has 0 saturated carbocycles. The fourth-order valence-electron chi connectivity index (χ4n) is 1.71. The molecule has 2 aromatic rings. The largest absolute Gasteiger partial charge is 0.494 e.